The van der Waals surface area contributed by atoms with Crippen molar-refractivity contribution in [1.29, 1.82) is 0 Å². The van der Waals surface area contributed by atoms with Gasteiger partial charge in [0.1, 0.15) is 11.0 Å². The van der Waals surface area contributed by atoms with Crippen LogP contribution in [0.1, 0.15) is 6.92 Å². The van der Waals surface area contributed by atoms with Gasteiger partial charge in [0, 0.05) is 34.9 Å². The molecule has 8 heteroatoms. The van der Waals surface area contributed by atoms with E-state index in [1.54, 1.807) is 6.07 Å². The molecule has 0 saturated carbocycles. The maximum Gasteiger partial charge on any atom is 0.261 e. The molecule has 19 heavy (non-hydrogen) atoms. The molecule has 1 aromatic rings. The van der Waals surface area contributed by atoms with E-state index in [-0.39, 0.29) is 12.0 Å². The number of halogens is 1. The second kappa shape index (κ2) is 5.60. The van der Waals surface area contributed by atoms with Crippen molar-refractivity contribution in [3.63, 3.8) is 0 Å². The predicted molar refractivity (Wildman–Crippen MR) is 76.7 cm³/mol. The maximum atomic E-state index is 11.7. The van der Waals surface area contributed by atoms with Gasteiger partial charge in [0.15, 0.2) is 0 Å². The van der Waals surface area contributed by atoms with Gasteiger partial charge in [0.25, 0.3) is 5.95 Å². The molecule has 0 amide bonds. The molecule has 1 atom stereocenters. The number of hydrogen-bond acceptors (Lipinski definition) is 6. The van der Waals surface area contributed by atoms with Gasteiger partial charge in [-0.25, -0.2) is 4.21 Å². The van der Waals surface area contributed by atoms with Gasteiger partial charge < -0.3 is 9.64 Å². The minimum Gasteiger partial charge on any atom is -0.377 e. The molecule has 0 unspecified atom stereocenters. The summed E-state index contributed by atoms with van der Waals surface area (Å²) in [5.41, 5.74) is 0. The zero-order valence-electron chi connectivity index (χ0n) is 11.2. The first-order valence-corrected chi connectivity index (χ1v) is 8.62. The fourth-order valence-electron chi connectivity index (χ4n) is 1.85. The fraction of sp³-hybridized carbons (Fsp3) is 0.636. The number of ether oxygens (including phenoxy) is 1. The lowest BCUT2D eigenvalue weighted by molar-refractivity contribution is 0.0985. The van der Waals surface area contributed by atoms with Crippen molar-refractivity contribution in [2.24, 2.45) is 4.36 Å². The largest absolute Gasteiger partial charge is 0.377 e. The highest BCUT2D eigenvalue weighted by atomic mass is 35.5. The van der Waals surface area contributed by atoms with Crippen molar-refractivity contribution in [2.75, 3.05) is 37.2 Å². The Morgan fingerprint density at radius 2 is 2.26 bits per heavy atom. The Morgan fingerprint density at radius 1 is 1.53 bits per heavy atom. The van der Waals surface area contributed by atoms with Crippen LogP contribution in [0.5, 0.6) is 0 Å². The molecule has 0 radical (unpaired) electrons. The molecule has 1 fully saturated rings. The van der Waals surface area contributed by atoms with Crippen LogP contribution in [0.4, 0.5) is 11.8 Å². The Labute approximate surface area is 118 Å². The van der Waals surface area contributed by atoms with Gasteiger partial charge >= 0.3 is 0 Å². The van der Waals surface area contributed by atoms with Crippen LogP contribution in [0.25, 0.3) is 0 Å². The van der Waals surface area contributed by atoms with Crippen molar-refractivity contribution in [1.82, 2.24) is 9.97 Å². The highest BCUT2D eigenvalue weighted by Gasteiger charge is 2.21. The van der Waals surface area contributed by atoms with Crippen molar-refractivity contribution in [3.05, 3.63) is 11.2 Å². The van der Waals surface area contributed by atoms with Gasteiger partial charge in [0.2, 0.25) is 0 Å². The average molecular weight is 305 g/mol. The minimum absolute atomic E-state index is 0.163. The first kappa shape index (κ1) is 14.5. The molecule has 1 saturated heterocycles. The van der Waals surface area contributed by atoms with Crippen LogP contribution in [0, 0.1) is 0 Å². The second-order valence-corrected chi connectivity index (χ2v) is 7.67. The van der Waals surface area contributed by atoms with Gasteiger partial charge in [-0.2, -0.15) is 14.3 Å². The number of nitrogens with zero attached hydrogens (tertiary/aromatic N) is 4. The molecule has 106 valence electrons. The standard InChI is InChI=1S/C11H17ClN4O2S/c1-8-7-18-5-4-16(8)10-6-9(12)13-11(14-10)15-19(2,3)17/h6,8H,4-5,7H2,1-3H3/t8-/m1/s1. The smallest absolute Gasteiger partial charge is 0.261 e. The number of morpholine rings is 1. The van der Waals surface area contributed by atoms with Crippen LogP contribution >= 0.6 is 11.6 Å². The zero-order valence-corrected chi connectivity index (χ0v) is 12.7. The summed E-state index contributed by atoms with van der Waals surface area (Å²) >= 11 is 5.98. The predicted octanol–water partition coefficient (Wildman–Crippen LogP) is 1.71. The van der Waals surface area contributed by atoms with E-state index < -0.39 is 9.73 Å². The van der Waals surface area contributed by atoms with Crippen LogP contribution in [-0.2, 0) is 14.5 Å². The summed E-state index contributed by atoms with van der Waals surface area (Å²) in [6.07, 6.45) is 3.07. The Hall–Kier alpha value is -0.920. The monoisotopic (exact) mass is 304 g/mol. The van der Waals surface area contributed by atoms with Crippen LogP contribution in [0.2, 0.25) is 5.15 Å². The molecule has 0 spiro atoms. The molecule has 1 aromatic heterocycles. The average Bonchev–Trinajstić information content (AvgIpc) is 2.26. The SMILES string of the molecule is C[C@@H]1COCCN1c1cc(Cl)nc(N=S(C)(C)=O)n1. The lowest BCUT2D eigenvalue weighted by atomic mass is 10.2. The van der Waals surface area contributed by atoms with Crippen molar-refractivity contribution >= 4 is 33.1 Å². The summed E-state index contributed by atoms with van der Waals surface area (Å²) in [6, 6.07) is 1.90. The first-order chi connectivity index (χ1) is 8.85. The first-order valence-electron chi connectivity index (χ1n) is 5.91. The van der Waals surface area contributed by atoms with Crippen LogP contribution in [-0.4, -0.2) is 52.5 Å². The number of hydrogen-bond donors (Lipinski definition) is 0. The molecular formula is C11H17ClN4O2S. The molecule has 0 aromatic carbocycles. The Morgan fingerprint density at radius 3 is 2.89 bits per heavy atom. The van der Waals surface area contributed by atoms with E-state index in [4.69, 9.17) is 16.3 Å². The van der Waals surface area contributed by atoms with E-state index in [0.717, 1.165) is 6.54 Å². The second-order valence-electron chi connectivity index (χ2n) is 4.74. The van der Waals surface area contributed by atoms with E-state index in [1.165, 1.54) is 12.5 Å². The van der Waals surface area contributed by atoms with Crippen molar-refractivity contribution in [2.45, 2.75) is 13.0 Å². The highest BCUT2D eigenvalue weighted by Crippen LogP contribution is 2.23. The van der Waals surface area contributed by atoms with E-state index in [1.807, 2.05) is 0 Å². The molecule has 6 nitrogen and oxygen atoms in total. The van der Waals surface area contributed by atoms with Gasteiger partial charge in [-0.05, 0) is 6.92 Å². The number of aromatic nitrogens is 2. The number of anilines is 1. The Bertz CT molecular complexity index is 578. The van der Waals surface area contributed by atoms with Crippen LogP contribution in [0.3, 0.4) is 0 Å². The summed E-state index contributed by atoms with van der Waals surface area (Å²) in [4.78, 5) is 10.4. The summed E-state index contributed by atoms with van der Waals surface area (Å²) < 4.78 is 21.1. The van der Waals surface area contributed by atoms with Gasteiger partial charge in [-0.15, -0.1) is 0 Å². The molecule has 1 aliphatic heterocycles. The van der Waals surface area contributed by atoms with Crippen LogP contribution < -0.4 is 4.90 Å². The van der Waals surface area contributed by atoms with Crippen LogP contribution in [0.15, 0.2) is 10.4 Å². The third kappa shape index (κ3) is 4.02. The maximum absolute atomic E-state index is 11.7. The van der Waals surface area contributed by atoms with Gasteiger partial charge in [-0.1, -0.05) is 11.6 Å². The highest BCUT2D eigenvalue weighted by molar-refractivity contribution is 7.92. The van der Waals surface area contributed by atoms with E-state index >= 15 is 0 Å². The van der Waals surface area contributed by atoms with E-state index in [9.17, 15) is 4.21 Å². The van der Waals surface area contributed by atoms with Gasteiger partial charge in [0.05, 0.1) is 19.3 Å². The minimum atomic E-state index is -2.31. The summed E-state index contributed by atoms with van der Waals surface area (Å²) in [5, 5.41) is 0.297. The molecular weight excluding hydrogens is 288 g/mol. The van der Waals surface area contributed by atoms with Crippen molar-refractivity contribution < 1.29 is 8.95 Å². The van der Waals surface area contributed by atoms with E-state index in [2.05, 4.69) is 26.2 Å². The Kier molecular flexibility index (Phi) is 4.27. The quantitative estimate of drug-likeness (QED) is 0.778. The van der Waals surface area contributed by atoms with E-state index in [0.29, 0.717) is 24.2 Å². The fourth-order valence-corrected chi connectivity index (χ4v) is 2.49. The molecule has 0 N–H and O–H groups in total. The molecule has 2 rings (SSSR count). The Balaban J connectivity index is 2.39. The summed E-state index contributed by atoms with van der Waals surface area (Å²) in [7, 11) is -2.31. The van der Waals surface area contributed by atoms with Crippen molar-refractivity contribution in [3.8, 4) is 0 Å². The summed E-state index contributed by atoms with van der Waals surface area (Å²) in [5.74, 6) is 0.856. The molecule has 1 aliphatic rings. The lowest BCUT2D eigenvalue weighted by Gasteiger charge is -2.34. The lowest BCUT2D eigenvalue weighted by Crippen LogP contribution is -2.44. The molecule has 0 bridgehead atoms. The third-order valence-corrected chi connectivity index (χ3v) is 3.43. The van der Waals surface area contributed by atoms with Gasteiger partial charge in [-0.3, -0.25) is 0 Å². The zero-order chi connectivity index (χ0) is 14.0. The molecule has 0 aliphatic carbocycles. The molecule has 2 heterocycles. The normalized spacial score (nSPS) is 20.4. The third-order valence-electron chi connectivity index (χ3n) is 2.63. The topological polar surface area (TPSA) is 67.7 Å². The number of rotatable bonds is 2. The summed E-state index contributed by atoms with van der Waals surface area (Å²) in [6.45, 7) is 4.08.